The maximum Gasteiger partial charge on any atom is 0.223 e. The molecule has 0 aromatic carbocycles. The van der Waals surface area contributed by atoms with Gasteiger partial charge >= 0.3 is 0 Å². The number of hydrogen-bond donors (Lipinski definition) is 1. The van der Waals surface area contributed by atoms with Gasteiger partial charge in [-0.05, 0) is 40.0 Å². The van der Waals surface area contributed by atoms with Crippen LogP contribution in [0, 0.1) is 5.92 Å². The Labute approximate surface area is 128 Å². The third-order valence-corrected chi connectivity index (χ3v) is 5.54. The van der Waals surface area contributed by atoms with E-state index in [-0.39, 0.29) is 23.7 Å². The number of nitrogens with one attached hydrogen (secondary N) is 1. The van der Waals surface area contributed by atoms with E-state index in [2.05, 4.69) is 5.32 Å². The van der Waals surface area contributed by atoms with Crippen molar-refractivity contribution in [3.63, 3.8) is 0 Å². The zero-order valence-corrected chi connectivity index (χ0v) is 14.1. The van der Waals surface area contributed by atoms with Gasteiger partial charge in [0.05, 0.1) is 11.9 Å². The van der Waals surface area contributed by atoms with Crippen LogP contribution in [-0.2, 0) is 19.6 Å². The van der Waals surface area contributed by atoms with E-state index in [1.165, 1.54) is 4.31 Å². The predicted molar refractivity (Wildman–Crippen MR) is 82.5 cm³/mol. The molecule has 0 bridgehead atoms. The van der Waals surface area contributed by atoms with Gasteiger partial charge in [0.1, 0.15) is 0 Å². The Morgan fingerprint density at radius 2 is 1.95 bits per heavy atom. The molecule has 1 saturated heterocycles. The molecule has 6 nitrogen and oxygen atoms in total. The summed E-state index contributed by atoms with van der Waals surface area (Å²) in [7, 11) is -3.12. The highest BCUT2D eigenvalue weighted by molar-refractivity contribution is 7.89. The summed E-state index contributed by atoms with van der Waals surface area (Å²) in [5, 5.41) is 2.91. The highest BCUT2D eigenvalue weighted by atomic mass is 32.2. The van der Waals surface area contributed by atoms with Crippen molar-refractivity contribution >= 4 is 15.9 Å². The number of carbonyl (C=O) groups is 1. The molecule has 21 heavy (non-hydrogen) atoms. The molecule has 0 aromatic rings. The lowest BCUT2D eigenvalue weighted by Crippen LogP contribution is -2.43. The normalized spacial score (nSPS) is 18.1. The summed E-state index contributed by atoms with van der Waals surface area (Å²) in [6, 6.07) is 0. The summed E-state index contributed by atoms with van der Waals surface area (Å²) in [6.45, 7) is 7.76. The summed E-state index contributed by atoms with van der Waals surface area (Å²) in [5.41, 5.74) is 0. The van der Waals surface area contributed by atoms with Crippen LogP contribution in [0.15, 0.2) is 0 Å². The smallest absolute Gasteiger partial charge is 0.223 e. The Hall–Kier alpha value is -0.660. The first kappa shape index (κ1) is 18.4. The highest BCUT2D eigenvalue weighted by Crippen LogP contribution is 2.19. The first-order chi connectivity index (χ1) is 9.86. The SMILES string of the molecule is CCS(=O)(=O)N1CCC(C(=O)NCCCOC(C)C)CC1. The Bertz CT molecular complexity index is 415. The molecule has 0 unspecified atom stereocenters. The van der Waals surface area contributed by atoms with E-state index < -0.39 is 10.0 Å². The molecule has 0 saturated carbocycles. The van der Waals surface area contributed by atoms with Crippen LogP contribution in [0.3, 0.4) is 0 Å². The van der Waals surface area contributed by atoms with E-state index in [4.69, 9.17) is 4.74 Å². The minimum absolute atomic E-state index is 0.0353. The lowest BCUT2D eigenvalue weighted by Gasteiger charge is -2.30. The summed E-state index contributed by atoms with van der Waals surface area (Å²) in [6.07, 6.45) is 2.22. The summed E-state index contributed by atoms with van der Waals surface area (Å²) >= 11 is 0. The van der Waals surface area contributed by atoms with E-state index in [1.807, 2.05) is 13.8 Å². The number of sulfonamides is 1. The van der Waals surface area contributed by atoms with Gasteiger partial charge in [-0.1, -0.05) is 0 Å². The minimum atomic E-state index is -3.12. The molecule has 1 aliphatic rings. The number of nitrogens with zero attached hydrogens (tertiary/aromatic N) is 1. The van der Waals surface area contributed by atoms with Crippen molar-refractivity contribution in [2.24, 2.45) is 5.92 Å². The monoisotopic (exact) mass is 320 g/mol. The first-order valence-corrected chi connectivity index (χ1v) is 9.35. The van der Waals surface area contributed by atoms with Gasteiger partial charge in [0.15, 0.2) is 0 Å². The van der Waals surface area contributed by atoms with E-state index in [1.54, 1.807) is 6.92 Å². The second-order valence-electron chi connectivity index (χ2n) is 5.64. The van der Waals surface area contributed by atoms with Crippen LogP contribution in [0.1, 0.15) is 40.0 Å². The number of amides is 1. The average molecular weight is 320 g/mol. The van der Waals surface area contributed by atoms with Crippen molar-refractivity contribution in [3.05, 3.63) is 0 Å². The van der Waals surface area contributed by atoms with Gasteiger partial charge in [0.2, 0.25) is 15.9 Å². The van der Waals surface area contributed by atoms with Crippen LogP contribution in [0.4, 0.5) is 0 Å². The van der Waals surface area contributed by atoms with Crippen LogP contribution in [-0.4, -0.2) is 56.7 Å². The molecule has 7 heteroatoms. The number of piperidine rings is 1. The maximum atomic E-state index is 12.0. The van der Waals surface area contributed by atoms with Gasteiger partial charge in [-0.2, -0.15) is 0 Å². The maximum absolute atomic E-state index is 12.0. The van der Waals surface area contributed by atoms with Crippen LogP contribution >= 0.6 is 0 Å². The molecule has 1 N–H and O–H groups in total. The number of hydrogen-bond acceptors (Lipinski definition) is 4. The van der Waals surface area contributed by atoms with Crippen LogP contribution < -0.4 is 5.32 Å². The van der Waals surface area contributed by atoms with Crippen molar-refractivity contribution in [1.82, 2.24) is 9.62 Å². The first-order valence-electron chi connectivity index (χ1n) is 7.74. The second-order valence-corrected chi connectivity index (χ2v) is 7.90. The third kappa shape index (κ3) is 6.32. The number of carbonyl (C=O) groups excluding carboxylic acids is 1. The predicted octanol–water partition coefficient (Wildman–Crippen LogP) is 0.979. The van der Waals surface area contributed by atoms with Crippen LogP contribution in [0.5, 0.6) is 0 Å². The Morgan fingerprint density at radius 1 is 1.33 bits per heavy atom. The van der Waals surface area contributed by atoms with E-state index in [0.717, 1.165) is 6.42 Å². The molecule has 1 fully saturated rings. The van der Waals surface area contributed by atoms with E-state index >= 15 is 0 Å². The van der Waals surface area contributed by atoms with E-state index in [9.17, 15) is 13.2 Å². The molecule has 124 valence electrons. The van der Waals surface area contributed by atoms with Crippen LogP contribution in [0.2, 0.25) is 0 Å². The molecule has 0 radical (unpaired) electrons. The third-order valence-electron chi connectivity index (χ3n) is 3.65. The summed E-state index contributed by atoms with van der Waals surface area (Å²) < 4.78 is 30.4. The van der Waals surface area contributed by atoms with Gasteiger partial charge in [0, 0.05) is 32.2 Å². The minimum Gasteiger partial charge on any atom is -0.379 e. The molecule has 0 aromatic heterocycles. The molecule has 0 aliphatic carbocycles. The largest absolute Gasteiger partial charge is 0.379 e. The molecule has 1 aliphatic heterocycles. The second kappa shape index (κ2) is 8.70. The Kier molecular flexibility index (Phi) is 7.62. The zero-order chi connectivity index (χ0) is 15.9. The molecular formula is C14H28N2O4S. The number of ether oxygens (including phenoxy) is 1. The van der Waals surface area contributed by atoms with Gasteiger partial charge < -0.3 is 10.1 Å². The fourth-order valence-corrected chi connectivity index (χ4v) is 3.46. The van der Waals surface area contributed by atoms with Gasteiger partial charge in [-0.15, -0.1) is 0 Å². The Balaban J connectivity index is 2.23. The fourth-order valence-electron chi connectivity index (χ4n) is 2.33. The van der Waals surface area contributed by atoms with Gasteiger partial charge in [-0.3, -0.25) is 4.79 Å². The van der Waals surface area contributed by atoms with Crippen molar-refractivity contribution < 1.29 is 17.9 Å². The quantitative estimate of drug-likeness (QED) is 0.677. The lowest BCUT2D eigenvalue weighted by atomic mass is 9.97. The summed E-state index contributed by atoms with van der Waals surface area (Å²) in [4.78, 5) is 12.0. The lowest BCUT2D eigenvalue weighted by molar-refractivity contribution is -0.126. The molecule has 0 atom stereocenters. The molecular weight excluding hydrogens is 292 g/mol. The van der Waals surface area contributed by atoms with Crippen molar-refractivity contribution in [3.8, 4) is 0 Å². The topological polar surface area (TPSA) is 75.7 Å². The number of rotatable bonds is 8. The van der Waals surface area contributed by atoms with Crippen molar-refractivity contribution in [2.45, 2.75) is 46.1 Å². The Morgan fingerprint density at radius 3 is 2.48 bits per heavy atom. The molecule has 1 rings (SSSR count). The van der Waals surface area contributed by atoms with Gasteiger partial charge in [-0.25, -0.2) is 12.7 Å². The average Bonchev–Trinajstić information content (AvgIpc) is 2.46. The molecule has 1 heterocycles. The molecule has 1 amide bonds. The standard InChI is InChI=1S/C14H28N2O4S/c1-4-21(18,19)16-9-6-13(7-10-16)14(17)15-8-5-11-20-12(2)3/h12-13H,4-11H2,1-3H3,(H,15,17). The van der Waals surface area contributed by atoms with Gasteiger partial charge in [0.25, 0.3) is 0 Å². The molecule has 0 spiro atoms. The van der Waals surface area contributed by atoms with Crippen LogP contribution in [0.25, 0.3) is 0 Å². The highest BCUT2D eigenvalue weighted by Gasteiger charge is 2.29. The zero-order valence-electron chi connectivity index (χ0n) is 13.3. The van der Waals surface area contributed by atoms with Crippen molar-refractivity contribution in [1.29, 1.82) is 0 Å². The fraction of sp³-hybridized carbons (Fsp3) is 0.929. The van der Waals surface area contributed by atoms with Crippen molar-refractivity contribution in [2.75, 3.05) is 32.0 Å². The van der Waals surface area contributed by atoms with E-state index in [0.29, 0.717) is 39.1 Å². The summed E-state index contributed by atoms with van der Waals surface area (Å²) in [5.74, 6) is 0.0899.